The molecule has 6 heteroatoms. The number of fused-ring (bicyclic) bond motifs is 3. The van der Waals surface area contributed by atoms with Gasteiger partial charge in [0.25, 0.3) is 0 Å². The molecule has 2 heterocycles. The molecular formula is C25H22N4OS. The molecule has 4 aromatic rings. The molecule has 5 nitrogen and oxygen atoms in total. The maximum atomic E-state index is 6.34. The van der Waals surface area contributed by atoms with Crippen molar-refractivity contribution in [2.45, 2.75) is 31.0 Å². The lowest BCUT2D eigenvalue weighted by atomic mass is 10.1. The second kappa shape index (κ2) is 8.40. The van der Waals surface area contributed by atoms with E-state index in [1.165, 1.54) is 16.7 Å². The van der Waals surface area contributed by atoms with Gasteiger partial charge in [-0.15, -0.1) is 10.2 Å². The van der Waals surface area contributed by atoms with Gasteiger partial charge < -0.3 is 10.1 Å². The molecule has 31 heavy (non-hydrogen) atoms. The minimum Gasteiger partial charge on any atom is -0.448 e. The van der Waals surface area contributed by atoms with Crippen LogP contribution in [-0.4, -0.2) is 15.2 Å². The molecule has 0 radical (unpaired) electrons. The van der Waals surface area contributed by atoms with E-state index in [0.29, 0.717) is 16.7 Å². The Bertz CT molecular complexity index is 1210. The molecule has 5 rings (SSSR count). The molecule has 154 valence electrons. The number of hydrogen-bond acceptors (Lipinski definition) is 6. The van der Waals surface area contributed by atoms with Crippen LogP contribution in [-0.2, 0) is 5.75 Å². The number of nitrogens with one attached hydrogen (secondary N) is 1. The van der Waals surface area contributed by atoms with E-state index in [1.54, 1.807) is 11.8 Å². The number of benzene rings is 3. The van der Waals surface area contributed by atoms with E-state index in [9.17, 15) is 0 Å². The Morgan fingerprint density at radius 3 is 2.35 bits per heavy atom. The second-order valence-corrected chi connectivity index (χ2v) is 8.56. The van der Waals surface area contributed by atoms with Gasteiger partial charge in [-0.05, 0) is 25.5 Å². The predicted molar refractivity (Wildman–Crippen MR) is 124 cm³/mol. The molecule has 0 saturated heterocycles. The molecule has 0 saturated carbocycles. The van der Waals surface area contributed by atoms with Crippen LogP contribution in [0.15, 0.2) is 78.0 Å². The van der Waals surface area contributed by atoms with Crippen LogP contribution in [0.2, 0.25) is 0 Å². The van der Waals surface area contributed by atoms with Gasteiger partial charge in [0.15, 0.2) is 11.9 Å². The summed E-state index contributed by atoms with van der Waals surface area (Å²) in [5, 5.41) is 12.9. The number of thioether (sulfide) groups is 1. The van der Waals surface area contributed by atoms with Crippen molar-refractivity contribution in [1.29, 1.82) is 0 Å². The number of ether oxygens (including phenoxy) is 1. The zero-order chi connectivity index (χ0) is 21.2. The molecule has 0 bridgehead atoms. The van der Waals surface area contributed by atoms with E-state index in [2.05, 4.69) is 77.9 Å². The zero-order valence-corrected chi connectivity index (χ0v) is 18.2. The van der Waals surface area contributed by atoms with Gasteiger partial charge in [-0.25, -0.2) is 0 Å². The average Bonchev–Trinajstić information content (AvgIpc) is 2.96. The van der Waals surface area contributed by atoms with E-state index in [0.717, 1.165) is 22.6 Å². The Kier molecular flexibility index (Phi) is 5.30. The molecule has 1 aliphatic rings. The molecule has 1 atom stereocenters. The summed E-state index contributed by atoms with van der Waals surface area (Å²) in [6, 6.07) is 24.8. The molecule has 1 aliphatic heterocycles. The fraction of sp³-hybridized carbons (Fsp3) is 0.160. The van der Waals surface area contributed by atoms with Crippen LogP contribution in [0, 0.1) is 13.8 Å². The number of aromatic nitrogens is 3. The van der Waals surface area contributed by atoms with Crippen LogP contribution >= 0.6 is 11.8 Å². The van der Waals surface area contributed by atoms with Crippen molar-refractivity contribution in [3.63, 3.8) is 0 Å². The first-order valence-corrected chi connectivity index (χ1v) is 11.2. The summed E-state index contributed by atoms with van der Waals surface area (Å²) in [4.78, 5) is 4.73. The highest BCUT2D eigenvalue weighted by Crippen LogP contribution is 2.39. The number of hydrogen-bond donors (Lipinski definition) is 1. The highest BCUT2D eigenvalue weighted by atomic mass is 32.2. The maximum Gasteiger partial charge on any atom is 0.247 e. The summed E-state index contributed by atoms with van der Waals surface area (Å²) in [5.41, 5.74) is 7.23. The van der Waals surface area contributed by atoms with Gasteiger partial charge in [-0.2, -0.15) is 4.98 Å². The lowest BCUT2D eigenvalue weighted by molar-refractivity contribution is 0.225. The first kappa shape index (κ1) is 19.6. The highest BCUT2D eigenvalue weighted by molar-refractivity contribution is 7.98. The Morgan fingerprint density at radius 2 is 1.58 bits per heavy atom. The van der Waals surface area contributed by atoms with Gasteiger partial charge in [0, 0.05) is 22.6 Å². The van der Waals surface area contributed by atoms with Crippen molar-refractivity contribution in [3.8, 4) is 17.1 Å². The molecule has 1 aromatic heterocycles. The summed E-state index contributed by atoms with van der Waals surface area (Å²) in [7, 11) is 0. The minimum absolute atomic E-state index is 0.366. The summed E-state index contributed by atoms with van der Waals surface area (Å²) in [5.74, 6) is 1.26. The predicted octanol–water partition coefficient (Wildman–Crippen LogP) is 5.95. The number of nitrogens with zero attached hydrogens (tertiary/aromatic N) is 3. The molecule has 1 N–H and O–H groups in total. The van der Waals surface area contributed by atoms with E-state index in [-0.39, 0.29) is 6.23 Å². The zero-order valence-electron chi connectivity index (χ0n) is 17.4. The highest BCUT2D eigenvalue weighted by Gasteiger charge is 2.25. The van der Waals surface area contributed by atoms with Gasteiger partial charge in [-0.3, -0.25) is 0 Å². The summed E-state index contributed by atoms with van der Waals surface area (Å²) >= 11 is 1.55. The first-order valence-electron chi connectivity index (χ1n) is 10.2. The third kappa shape index (κ3) is 4.25. The van der Waals surface area contributed by atoms with Crippen LogP contribution in [0.25, 0.3) is 11.3 Å². The quantitative estimate of drug-likeness (QED) is 0.407. The van der Waals surface area contributed by atoms with E-state index < -0.39 is 0 Å². The van der Waals surface area contributed by atoms with Crippen molar-refractivity contribution in [1.82, 2.24) is 15.2 Å². The van der Waals surface area contributed by atoms with Crippen LogP contribution in [0.5, 0.6) is 5.88 Å². The lowest BCUT2D eigenvalue weighted by Gasteiger charge is -2.19. The molecular weight excluding hydrogens is 404 g/mol. The molecule has 0 fully saturated rings. The summed E-state index contributed by atoms with van der Waals surface area (Å²) in [6.45, 7) is 4.16. The third-order valence-corrected chi connectivity index (χ3v) is 6.11. The van der Waals surface area contributed by atoms with Gasteiger partial charge in [-0.1, -0.05) is 89.6 Å². The smallest absolute Gasteiger partial charge is 0.247 e. The second-order valence-electron chi connectivity index (χ2n) is 7.62. The van der Waals surface area contributed by atoms with Gasteiger partial charge in [0.1, 0.15) is 0 Å². The molecule has 0 spiro atoms. The number of rotatable bonds is 4. The van der Waals surface area contributed by atoms with Crippen LogP contribution in [0.4, 0.5) is 5.69 Å². The van der Waals surface area contributed by atoms with Crippen molar-refractivity contribution in [3.05, 3.63) is 95.1 Å². The summed E-state index contributed by atoms with van der Waals surface area (Å²) in [6.07, 6.45) is -0.366. The standard InChI is InChI=1S/C25H22N4OS/c1-16-7-11-18(12-8-16)15-31-25-27-24-22(28-29-25)20-5-3-4-6-21(20)26-23(30-24)19-13-9-17(2)10-14-19/h3-14,23,26H,15H2,1-2H3/t23-/m1/s1. The van der Waals surface area contributed by atoms with Crippen molar-refractivity contribution < 1.29 is 4.74 Å². The number of aryl methyl sites for hydroxylation is 2. The van der Waals surface area contributed by atoms with Gasteiger partial charge in [0.05, 0.1) is 0 Å². The van der Waals surface area contributed by atoms with Crippen molar-refractivity contribution in [2.75, 3.05) is 5.32 Å². The molecule has 0 aliphatic carbocycles. The SMILES string of the molecule is Cc1ccc(CSc2nnc3c(n2)O[C@H](c2ccc(C)cc2)Nc2ccccc2-3)cc1. The molecule has 0 amide bonds. The maximum absolute atomic E-state index is 6.34. The Labute approximate surface area is 185 Å². The average molecular weight is 427 g/mol. The third-order valence-electron chi connectivity index (χ3n) is 5.20. The van der Waals surface area contributed by atoms with Crippen molar-refractivity contribution in [2.24, 2.45) is 0 Å². The fourth-order valence-electron chi connectivity index (χ4n) is 3.43. The van der Waals surface area contributed by atoms with E-state index in [4.69, 9.17) is 9.72 Å². The molecule has 0 unspecified atom stereocenters. The van der Waals surface area contributed by atoms with E-state index in [1.807, 2.05) is 24.3 Å². The monoisotopic (exact) mass is 426 g/mol. The number of para-hydroxylation sites is 1. The largest absolute Gasteiger partial charge is 0.448 e. The van der Waals surface area contributed by atoms with Crippen molar-refractivity contribution >= 4 is 17.4 Å². The molecule has 3 aromatic carbocycles. The lowest BCUT2D eigenvalue weighted by Crippen LogP contribution is -2.17. The van der Waals surface area contributed by atoms with Crippen LogP contribution < -0.4 is 10.1 Å². The Hall–Kier alpha value is -3.38. The van der Waals surface area contributed by atoms with Crippen LogP contribution in [0.1, 0.15) is 28.5 Å². The van der Waals surface area contributed by atoms with Gasteiger partial charge >= 0.3 is 0 Å². The Balaban J connectivity index is 1.47. The topological polar surface area (TPSA) is 59.9 Å². The number of anilines is 1. The fourth-order valence-corrected chi connectivity index (χ4v) is 4.17. The summed E-state index contributed by atoms with van der Waals surface area (Å²) < 4.78 is 6.34. The minimum atomic E-state index is -0.366. The Morgan fingerprint density at radius 1 is 0.871 bits per heavy atom. The van der Waals surface area contributed by atoms with Gasteiger partial charge in [0.2, 0.25) is 11.0 Å². The normalized spacial score (nSPS) is 14.6. The van der Waals surface area contributed by atoms with E-state index >= 15 is 0 Å². The first-order chi connectivity index (χ1) is 15.2. The van der Waals surface area contributed by atoms with Crippen LogP contribution in [0.3, 0.4) is 0 Å².